The molecule has 0 radical (unpaired) electrons. The summed E-state index contributed by atoms with van der Waals surface area (Å²) in [5.41, 5.74) is 1.97. The Kier molecular flexibility index (Phi) is 4.66. The number of piperazine rings is 1. The number of nitrogens with zero attached hydrogens (tertiary/aromatic N) is 3. The van der Waals surface area contributed by atoms with E-state index in [4.69, 9.17) is 11.6 Å². The van der Waals surface area contributed by atoms with Gasteiger partial charge in [-0.1, -0.05) is 11.6 Å². The highest BCUT2D eigenvalue weighted by molar-refractivity contribution is 6.34. The highest BCUT2D eigenvalue weighted by Gasteiger charge is 2.29. The van der Waals surface area contributed by atoms with Crippen molar-refractivity contribution in [1.82, 2.24) is 9.88 Å². The second kappa shape index (κ2) is 6.88. The Morgan fingerprint density at radius 1 is 1.29 bits per heavy atom. The summed E-state index contributed by atoms with van der Waals surface area (Å²) in [6.07, 6.45) is 3.30. The first kappa shape index (κ1) is 16.3. The minimum atomic E-state index is -0.234. The lowest BCUT2D eigenvalue weighted by molar-refractivity contribution is -0.120. The average molecular weight is 345 g/mol. The number of carbonyl (C=O) groups is 2. The summed E-state index contributed by atoms with van der Waals surface area (Å²) in [5, 5.41) is 3.34. The molecule has 1 fully saturated rings. The lowest BCUT2D eigenvalue weighted by atomic mass is 10.1. The van der Waals surface area contributed by atoms with E-state index in [2.05, 4.69) is 10.3 Å². The molecule has 0 atom stereocenters. The van der Waals surface area contributed by atoms with E-state index >= 15 is 0 Å². The number of carbonyl (C=O) groups excluding carboxylic acids is 2. The van der Waals surface area contributed by atoms with E-state index in [0.29, 0.717) is 23.7 Å². The van der Waals surface area contributed by atoms with E-state index in [9.17, 15) is 9.59 Å². The third-order valence-corrected chi connectivity index (χ3v) is 4.27. The van der Waals surface area contributed by atoms with Crippen molar-refractivity contribution in [1.29, 1.82) is 0 Å². The molecule has 0 spiro atoms. The molecule has 1 aromatic carbocycles. The zero-order valence-corrected chi connectivity index (χ0v) is 14.0. The van der Waals surface area contributed by atoms with Crippen LogP contribution in [0.2, 0.25) is 5.02 Å². The van der Waals surface area contributed by atoms with Crippen LogP contribution in [0.1, 0.15) is 10.4 Å². The van der Waals surface area contributed by atoms with Gasteiger partial charge < -0.3 is 15.1 Å². The Hall–Kier alpha value is -2.60. The first-order valence-corrected chi connectivity index (χ1v) is 7.95. The average Bonchev–Trinajstić information content (AvgIpc) is 2.61. The third-order valence-electron chi connectivity index (χ3n) is 3.95. The molecule has 1 aliphatic rings. The number of aromatic nitrogens is 1. The van der Waals surface area contributed by atoms with Gasteiger partial charge in [0.05, 0.1) is 22.5 Å². The first-order valence-electron chi connectivity index (χ1n) is 7.57. The molecule has 0 bridgehead atoms. The van der Waals surface area contributed by atoms with Gasteiger partial charge in [-0.2, -0.15) is 0 Å². The first-order chi connectivity index (χ1) is 11.6. The highest BCUT2D eigenvalue weighted by Crippen LogP contribution is 2.23. The van der Waals surface area contributed by atoms with Crippen LogP contribution in [0.5, 0.6) is 0 Å². The molecular formula is C17H17ClN4O2. The van der Waals surface area contributed by atoms with E-state index in [1.54, 1.807) is 48.6 Å². The number of hydrogen-bond donors (Lipinski definition) is 1. The maximum atomic E-state index is 12.6. The molecule has 3 rings (SSSR count). The van der Waals surface area contributed by atoms with Gasteiger partial charge in [-0.05, 0) is 30.3 Å². The van der Waals surface area contributed by atoms with Crippen molar-refractivity contribution in [3.63, 3.8) is 0 Å². The van der Waals surface area contributed by atoms with Gasteiger partial charge in [-0.15, -0.1) is 0 Å². The number of amides is 2. The summed E-state index contributed by atoms with van der Waals surface area (Å²) in [4.78, 5) is 32.2. The summed E-state index contributed by atoms with van der Waals surface area (Å²) >= 11 is 6.19. The Balaban J connectivity index is 1.74. The predicted molar refractivity (Wildman–Crippen MR) is 93.5 cm³/mol. The Bertz CT molecular complexity index is 766. The van der Waals surface area contributed by atoms with E-state index in [0.717, 1.165) is 11.4 Å². The summed E-state index contributed by atoms with van der Waals surface area (Å²) < 4.78 is 0. The maximum Gasteiger partial charge on any atom is 0.255 e. The van der Waals surface area contributed by atoms with Crippen LogP contribution in [-0.2, 0) is 4.79 Å². The Labute approximate surface area is 145 Å². The van der Waals surface area contributed by atoms with Crippen molar-refractivity contribution >= 4 is 34.8 Å². The Morgan fingerprint density at radius 3 is 2.75 bits per heavy atom. The minimum absolute atomic E-state index is 0.0256. The zero-order valence-electron chi connectivity index (χ0n) is 13.2. The fraction of sp³-hybridized carbons (Fsp3) is 0.235. The molecule has 1 aliphatic heterocycles. The van der Waals surface area contributed by atoms with Gasteiger partial charge in [0.1, 0.15) is 6.54 Å². The molecule has 2 heterocycles. The largest absolute Gasteiger partial charge is 0.388 e. The van der Waals surface area contributed by atoms with Crippen LogP contribution in [-0.4, -0.2) is 48.4 Å². The highest BCUT2D eigenvalue weighted by atomic mass is 35.5. The van der Waals surface area contributed by atoms with E-state index in [1.807, 2.05) is 6.07 Å². The lowest BCUT2D eigenvalue weighted by Crippen LogP contribution is -2.52. The van der Waals surface area contributed by atoms with Crippen LogP contribution < -0.4 is 10.2 Å². The lowest BCUT2D eigenvalue weighted by Gasteiger charge is -2.34. The summed E-state index contributed by atoms with van der Waals surface area (Å²) in [5.74, 6) is -0.368. The van der Waals surface area contributed by atoms with Crippen molar-refractivity contribution in [3.8, 4) is 0 Å². The van der Waals surface area contributed by atoms with Crippen LogP contribution in [0, 0.1) is 0 Å². The molecule has 24 heavy (non-hydrogen) atoms. The van der Waals surface area contributed by atoms with E-state index < -0.39 is 0 Å². The van der Waals surface area contributed by atoms with Gasteiger partial charge in [-0.25, -0.2) is 0 Å². The van der Waals surface area contributed by atoms with Crippen LogP contribution in [0.3, 0.4) is 0 Å². The second-order valence-electron chi connectivity index (χ2n) is 5.43. The zero-order chi connectivity index (χ0) is 17.1. The normalized spacial score (nSPS) is 14.7. The molecule has 1 saturated heterocycles. The number of hydrogen-bond acceptors (Lipinski definition) is 4. The topological polar surface area (TPSA) is 65.5 Å². The molecule has 0 saturated carbocycles. The molecule has 0 unspecified atom stereocenters. The summed E-state index contributed by atoms with van der Waals surface area (Å²) in [6.45, 7) is 0.907. The standard InChI is InChI=1S/C17H17ClN4O2/c1-19-12-4-5-14(15(18)9-12)17(24)21-7-8-22(16(23)11-21)13-3-2-6-20-10-13/h2-6,9-10,19H,7-8,11H2,1H3. The molecule has 2 aromatic rings. The van der Waals surface area contributed by atoms with Crippen molar-refractivity contribution in [2.75, 3.05) is 36.9 Å². The fourth-order valence-corrected chi connectivity index (χ4v) is 2.91. The molecule has 124 valence electrons. The van der Waals surface area contributed by atoms with Crippen LogP contribution >= 0.6 is 11.6 Å². The molecule has 7 heteroatoms. The number of pyridine rings is 1. The number of nitrogens with one attached hydrogen (secondary N) is 1. The monoisotopic (exact) mass is 344 g/mol. The second-order valence-corrected chi connectivity index (χ2v) is 5.84. The minimum Gasteiger partial charge on any atom is -0.388 e. The van der Waals surface area contributed by atoms with Crippen molar-refractivity contribution in [2.45, 2.75) is 0 Å². The molecule has 1 N–H and O–H groups in total. The number of halogens is 1. The SMILES string of the molecule is CNc1ccc(C(=O)N2CCN(c3cccnc3)C(=O)C2)c(Cl)c1. The van der Waals surface area contributed by atoms with Gasteiger partial charge in [0.15, 0.2) is 0 Å². The van der Waals surface area contributed by atoms with E-state index in [-0.39, 0.29) is 18.4 Å². The van der Waals surface area contributed by atoms with Gasteiger partial charge in [0, 0.05) is 32.0 Å². The number of anilines is 2. The van der Waals surface area contributed by atoms with Crippen LogP contribution in [0.25, 0.3) is 0 Å². The van der Waals surface area contributed by atoms with Crippen molar-refractivity contribution < 1.29 is 9.59 Å². The summed E-state index contributed by atoms with van der Waals surface area (Å²) in [6, 6.07) is 8.77. The third kappa shape index (κ3) is 3.19. The quantitative estimate of drug-likeness (QED) is 0.927. The number of benzene rings is 1. The molecule has 6 nitrogen and oxygen atoms in total. The predicted octanol–water partition coefficient (Wildman–Crippen LogP) is 2.27. The van der Waals surface area contributed by atoms with Crippen molar-refractivity contribution in [3.05, 3.63) is 53.3 Å². The molecule has 0 aliphatic carbocycles. The van der Waals surface area contributed by atoms with Gasteiger partial charge in [0.25, 0.3) is 5.91 Å². The smallest absolute Gasteiger partial charge is 0.255 e. The number of rotatable bonds is 3. The van der Waals surface area contributed by atoms with Crippen molar-refractivity contribution in [2.24, 2.45) is 0 Å². The van der Waals surface area contributed by atoms with Gasteiger partial charge in [0.2, 0.25) is 5.91 Å². The molecule has 2 amide bonds. The molecular weight excluding hydrogens is 328 g/mol. The molecule has 1 aromatic heterocycles. The fourth-order valence-electron chi connectivity index (χ4n) is 2.65. The Morgan fingerprint density at radius 2 is 2.12 bits per heavy atom. The maximum absolute atomic E-state index is 12.6. The van der Waals surface area contributed by atoms with Gasteiger partial charge in [-0.3, -0.25) is 14.6 Å². The van der Waals surface area contributed by atoms with Gasteiger partial charge >= 0.3 is 0 Å². The van der Waals surface area contributed by atoms with Crippen LogP contribution in [0.15, 0.2) is 42.7 Å². The van der Waals surface area contributed by atoms with Crippen LogP contribution in [0.4, 0.5) is 11.4 Å². The van der Waals surface area contributed by atoms with E-state index in [1.165, 1.54) is 4.90 Å². The summed E-state index contributed by atoms with van der Waals surface area (Å²) in [7, 11) is 1.78.